The largest absolute Gasteiger partial charge is 0.481 e. The zero-order valence-corrected chi connectivity index (χ0v) is 8.91. The SMILES string of the molecule is CN1C(=O)CC(C(=O)O)c2c(F)cc(F)cc21. The molecule has 90 valence electrons. The van der Waals surface area contributed by atoms with E-state index in [2.05, 4.69) is 0 Å². The lowest BCUT2D eigenvalue weighted by molar-refractivity contribution is -0.140. The van der Waals surface area contributed by atoms with Gasteiger partial charge >= 0.3 is 5.97 Å². The Morgan fingerprint density at radius 3 is 2.71 bits per heavy atom. The van der Waals surface area contributed by atoms with Gasteiger partial charge in [0, 0.05) is 25.1 Å². The normalized spacial score (nSPS) is 19.1. The number of halogens is 2. The number of amides is 1. The Balaban J connectivity index is 2.68. The van der Waals surface area contributed by atoms with Crippen LogP contribution in [0.5, 0.6) is 0 Å². The number of carboxylic acid groups (broad SMARTS) is 1. The number of carboxylic acids is 1. The maximum atomic E-state index is 13.6. The minimum Gasteiger partial charge on any atom is -0.481 e. The summed E-state index contributed by atoms with van der Waals surface area (Å²) >= 11 is 0. The van der Waals surface area contributed by atoms with Gasteiger partial charge in [0.15, 0.2) is 0 Å². The Morgan fingerprint density at radius 1 is 1.47 bits per heavy atom. The Hall–Kier alpha value is -1.98. The lowest BCUT2D eigenvalue weighted by Gasteiger charge is -2.29. The molecule has 2 rings (SSSR count). The van der Waals surface area contributed by atoms with E-state index in [4.69, 9.17) is 5.11 Å². The van der Waals surface area contributed by atoms with E-state index < -0.39 is 29.4 Å². The third-order valence-corrected chi connectivity index (χ3v) is 2.83. The topological polar surface area (TPSA) is 57.6 Å². The Bertz CT molecular complexity index is 516. The van der Waals surface area contributed by atoms with Crippen LogP contribution < -0.4 is 4.90 Å². The van der Waals surface area contributed by atoms with E-state index in [1.807, 2.05) is 0 Å². The molecule has 1 aromatic carbocycles. The summed E-state index contributed by atoms with van der Waals surface area (Å²) in [5.41, 5.74) is -0.160. The average Bonchev–Trinajstić information content (AvgIpc) is 2.23. The zero-order chi connectivity index (χ0) is 12.7. The summed E-state index contributed by atoms with van der Waals surface area (Å²) in [7, 11) is 1.36. The van der Waals surface area contributed by atoms with E-state index in [9.17, 15) is 18.4 Å². The first-order valence-electron chi connectivity index (χ1n) is 4.90. The van der Waals surface area contributed by atoms with Crippen molar-refractivity contribution in [1.82, 2.24) is 0 Å². The third-order valence-electron chi connectivity index (χ3n) is 2.83. The highest BCUT2D eigenvalue weighted by Gasteiger charge is 2.36. The van der Waals surface area contributed by atoms with E-state index in [0.29, 0.717) is 6.07 Å². The molecule has 1 N–H and O–H groups in total. The van der Waals surface area contributed by atoms with Crippen LogP contribution in [0.3, 0.4) is 0 Å². The highest BCUT2D eigenvalue weighted by atomic mass is 19.1. The number of hydrogen-bond donors (Lipinski definition) is 1. The smallest absolute Gasteiger partial charge is 0.311 e. The number of hydrogen-bond acceptors (Lipinski definition) is 2. The van der Waals surface area contributed by atoms with Crippen LogP contribution in [0, 0.1) is 11.6 Å². The summed E-state index contributed by atoms with van der Waals surface area (Å²) in [6.07, 6.45) is -0.318. The highest BCUT2D eigenvalue weighted by Crippen LogP contribution is 2.37. The van der Waals surface area contributed by atoms with Gasteiger partial charge in [-0.3, -0.25) is 9.59 Å². The van der Waals surface area contributed by atoms with E-state index in [-0.39, 0.29) is 17.7 Å². The first-order chi connectivity index (χ1) is 7.91. The van der Waals surface area contributed by atoms with Crippen molar-refractivity contribution in [2.45, 2.75) is 12.3 Å². The van der Waals surface area contributed by atoms with Gasteiger partial charge in [-0.15, -0.1) is 0 Å². The molecule has 17 heavy (non-hydrogen) atoms. The minimum atomic E-state index is -1.29. The van der Waals surface area contributed by atoms with Crippen LogP contribution in [0.15, 0.2) is 12.1 Å². The number of benzene rings is 1. The Kier molecular flexibility index (Phi) is 2.57. The fourth-order valence-corrected chi connectivity index (χ4v) is 1.95. The molecule has 1 aliphatic rings. The van der Waals surface area contributed by atoms with Crippen molar-refractivity contribution in [3.05, 3.63) is 29.3 Å². The van der Waals surface area contributed by atoms with Crippen LogP contribution in [0.1, 0.15) is 17.9 Å². The summed E-state index contributed by atoms with van der Waals surface area (Å²) in [4.78, 5) is 23.6. The molecule has 0 fully saturated rings. The van der Waals surface area contributed by atoms with Crippen molar-refractivity contribution in [2.75, 3.05) is 11.9 Å². The highest BCUT2D eigenvalue weighted by molar-refractivity contribution is 6.01. The lowest BCUT2D eigenvalue weighted by atomic mass is 9.89. The van der Waals surface area contributed by atoms with Crippen molar-refractivity contribution >= 4 is 17.6 Å². The Morgan fingerprint density at radius 2 is 2.12 bits per heavy atom. The number of nitrogens with zero attached hydrogens (tertiary/aromatic N) is 1. The standard InChI is InChI=1S/C11H9F2NO3/c1-14-8-3-5(12)2-7(13)10(8)6(11(16)17)4-9(14)15/h2-3,6H,4H2,1H3,(H,16,17). The molecule has 1 unspecified atom stereocenters. The van der Waals surface area contributed by atoms with Crippen LogP contribution in [0.2, 0.25) is 0 Å². The van der Waals surface area contributed by atoms with Gasteiger partial charge in [-0.05, 0) is 6.07 Å². The first-order valence-corrected chi connectivity index (χ1v) is 4.90. The molecular formula is C11H9F2NO3. The van der Waals surface area contributed by atoms with Crippen LogP contribution >= 0.6 is 0 Å². The molecule has 1 heterocycles. The number of aliphatic carboxylic acids is 1. The van der Waals surface area contributed by atoms with E-state index in [1.165, 1.54) is 7.05 Å². The summed E-state index contributed by atoms with van der Waals surface area (Å²) < 4.78 is 26.7. The number of anilines is 1. The van der Waals surface area contributed by atoms with Crippen molar-refractivity contribution in [3.63, 3.8) is 0 Å². The predicted molar refractivity (Wildman–Crippen MR) is 54.8 cm³/mol. The average molecular weight is 241 g/mol. The van der Waals surface area contributed by atoms with Gasteiger partial charge in [0.05, 0.1) is 11.6 Å². The van der Waals surface area contributed by atoms with Gasteiger partial charge in [-0.25, -0.2) is 8.78 Å². The first kappa shape index (κ1) is 11.5. The third kappa shape index (κ3) is 1.75. The maximum absolute atomic E-state index is 13.6. The van der Waals surface area contributed by atoms with Crippen LogP contribution in [-0.2, 0) is 9.59 Å². The van der Waals surface area contributed by atoms with E-state index in [1.54, 1.807) is 0 Å². The van der Waals surface area contributed by atoms with Crippen LogP contribution in [0.25, 0.3) is 0 Å². The minimum absolute atomic E-state index is 0.0221. The van der Waals surface area contributed by atoms with Gasteiger partial charge in [-0.1, -0.05) is 0 Å². The summed E-state index contributed by atoms with van der Waals surface area (Å²) in [5.74, 6) is -4.80. The summed E-state index contributed by atoms with van der Waals surface area (Å²) in [6, 6.07) is 1.59. The predicted octanol–water partition coefficient (Wildman–Crippen LogP) is 1.50. The van der Waals surface area contributed by atoms with E-state index >= 15 is 0 Å². The molecule has 1 aromatic rings. The zero-order valence-electron chi connectivity index (χ0n) is 8.91. The Labute approximate surface area is 95.5 Å². The second-order valence-corrected chi connectivity index (χ2v) is 3.87. The molecule has 1 aliphatic heterocycles. The van der Waals surface area contributed by atoms with Gasteiger partial charge in [0.1, 0.15) is 11.6 Å². The molecular weight excluding hydrogens is 232 g/mol. The van der Waals surface area contributed by atoms with Gasteiger partial charge in [-0.2, -0.15) is 0 Å². The molecule has 0 aliphatic carbocycles. The van der Waals surface area contributed by atoms with Crippen molar-refractivity contribution in [1.29, 1.82) is 0 Å². The summed E-state index contributed by atoms with van der Waals surface area (Å²) in [6.45, 7) is 0. The fourth-order valence-electron chi connectivity index (χ4n) is 1.95. The maximum Gasteiger partial charge on any atom is 0.311 e. The second-order valence-electron chi connectivity index (χ2n) is 3.87. The second kappa shape index (κ2) is 3.80. The molecule has 0 spiro atoms. The molecule has 0 radical (unpaired) electrons. The van der Waals surface area contributed by atoms with Crippen molar-refractivity contribution in [2.24, 2.45) is 0 Å². The summed E-state index contributed by atoms with van der Waals surface area (Å²) in [5, 5.41) is 8.95. The van der Waals surface area contributed by atoms with Crippen LogP contribution in [-0.4, -0.2) is 24.0 Å². The molecule has 1 amide bonds. The molecule has 0 saturated carbocycles. The van der Waals surface area contributed by atoms with E-state index in [0.717, 1.165) is 11.0 Å². The van der Waals surface area contributed by atoms with Gasteiger partial charge < -0.3 is 10.0 Å². The number of fused-ring (bicyclic) bond motifs is 1. The van der Waals surface area contributed by atoms with Crippen LogP contribution in [0.4, 0.5) is 14.5 Å². The fraction of sp³-hybridized carbons (Fsp3) is 0.273. The van der Waals surface area contributed by atoms with Gasteiger partial charge in [0.25, 0.3) is 0 Å². The monoisotopic (exact) mass is 241 g/mol. The molecule has 4 nitrogen and oxygen atoms in total. The molecule has 0 bridgehead atoms. The number of rotatable bonds is 1. The molecule has 0 aromatic heterocycles. The number of carbonyl (C=O) groups excluding carboxylic acids is 1. The quantitative estimate of drug-likeness (QED) is 0.810. The molecule has 0 saturated heterocycles. The van der Waals surface area contributed by atoms with Gasteiger partial charge in [0.2, 0.25) is 5.91 Å². The van der Waals surface area contributed by atoms with Crippen molar-refractivity contribution < 1.29 is 23.5 Å². The molecule has 6 heteroatoms. The number of carbonyl (C=O) groups is 2. The lowest BCUT2D eigenvalue weighted by Crippen LogP contribution is -2.36. The molecule has 1 atom stereocenters. The van der Waals surface area contributed by atoms with Crippen molar-refractivity contribution in [3.8, 4) is 0 Å².